The van der Waals surface area contributed by atoms with Crippen molar-refractivity contribution in [2.24, 2.45) is 0 Å². The molecule has 0 amide bonds. The highest BCUT2D eigenvalue weighted by Gasteiger charge is 2.29. The normalized spacial score (nSPS) is 11.7. The van der Waals surface area contributed by atoms with Gasteiger partial charge in [-0.25, -0.2) is 0 Å². The van der Waals surface area contributed by atoms with E-state index in [9.17, 15) is 4.79 Å². The van der Waals surface area contributed by atoms with E-state index in [1.165, 1.54) is 0 Å². The summed E-state index contributed by atoms with van der Waals surface area (Å²) < 4.78 is -0.341. The number of ketones is 1. The highest BCUT2D eigenvalue weighted by molar-refractivity contribution is 7.82. The summed E-state index contributed by atoms with van der Waals surface area (Å²) in [6, 6.07) is 0. The molecular formula is C11H22OS. The van der Waals surface area contributed by atoms with Crippen LogP contribution in [0.3, 0.4) is 0 Å². The fourth-order valence-electron chi connectivity index (χ4n) is 1.42. The van der Waals surface area contributed by atoms with Gasteiger partial charge in [0.05, 0.1) is 4.75 Å². The number of carbonyl (C=O) groups excluding carboxylic acids is 1. The molecule has 0 heterocycles. The molecule has 0 spiro atoms. The zero-order valence-electron chi connectivity index (χ0n) is 9.10. The minimum absolute atomic E-state index is 0.234. The monoisotopic (exact) mass is 202 g/mol. The third-order valence-electron chi connectivity index (χ3n) is 2.54. The molecule has 0 aromatic carbocycles. The van der Waals surface area contributed by atoms with Gasteiger partial charge in [-0.15, -0.1) is 0 Å². The van der Waals surface area contributed by atoms with Crippen LogP contribution in [0.1, 0.15) is 59.3 Å². The van der Waals surface area contributed by atoms with Crippen LogP contribution in [0, 0.1) is 0 Å². The molecule has 0 saturated heterocycles. The second-order valence-electron chi connectivity index (χ2n) is 3.79. The van der Waals surface area contributed by atoms with E-state index in [-0.39, 0.29) is 10.5 Å². The SMILES string of the molecule is CCCCC(S)(CCCC)C(C)=O. The van der Waals surface area contributed by atoms with Gasteiger partial charge in [-0.1, -0.05) is 39.5 Å². The average molecular weight is 202 g/mol. The summed E-state index contributed by atoms with van der Waals surface area (Å²) in [5.74, 6) is 0.234. The molecule has 0 aliphatic heterocycles. The van der Waals surface area contributed by atoms with Crippen LogP contribution in [-0.4, -0.2) is 10.5 Å². The first-order chi connectivity index (χ1) is 6.06. The van der Waals surface area contributed by atoms with Crippen LogP contribution < -0.4 is 0 Å². The number of thiol groups is 1. The molecule has 0 aromatic heterocycles. The maximum absolute atomic E-state index is 11.4. The minimum Gasteiger partial charge on any atom is -0.298 e. The smallest absolute Gasteiger partial charge is 0.145 e. The molecule has 0 aliphatic rings. The van der Waals surface area contributed by atoms with Crippen molar-refractivity contribution in [3.8, 4) is 0 Å². The van der Waals surface area contributed by atoms with Crippen LogP contribution in [-0.2, 0) is 4.79 Å². The van der Waals surface area contributed by atoms with Crippen LogP contribution in [0.2, 0.25) is 0 Å². The van der Waals surface area contributed by atoms with Gasteiger partial charge in [0, 0.05) is 0 Å². The Bertz CT molecular complexity index is 146. The molecule has 2 heteroatoms. The molecule has 0 aliphatic carbocycles. The fraction of sp³-hybridized carbons (Fsp3) is 0.909. The zero-order valence-corrected chi connectivity index (χ0v) is 9.99. The molecule has 13 heavy (non-hydrogen) atoms. The number of carbonyl (C=O) groups is 1. The van der Waals surface area contributed by atoms with E-state index in [0.29, 0.717) is 0 Å². The number of hydrogen-bond donors (Lipinski definition) is 1. The van der Waals surface area contributed by atoms with Crippen molar-refractivity contribution in [2.75, 3.05) is 0 Å². The van der Waals surface area contributed by atoms with E-state index < -0.39 is 0 Å². The topological polar surface area (TPSA) is 17.1 Å². The van der Waals surface area contributed by atoms with E-state index in [0.717, 1.165) is 38.5 Å². The zero-order chi connectivity index (χ0) is 10.3. The van der Waals surface area contributed by atoms with Gasteiger partial charge in [-0.2, -0.15) is 12.6 Å². The lowest BCUT2D eigenvalue weighted by Crippen LogP contribution is -2.30. The highest BCUT2D eigenvalue weighted by atomic mass is 32.1. The second-order valence-corrected chi connectivity index (χ2v) is 4.65. The first-order valence-electron chi connectivity index (χ1n) is 5.30. The first kappa shape index (κ1) is 13.0. The van der Waals surface area contributed by atoms with E-state index in [2.05, 4.69) is 26.5 Å². The largest absolute Gasteiger partial charge is 0.298 e. The molecule has 0 atom stereocenters. The Morgan fingerprint density at radius 1 is 1.15 bits per heavy atom. The third-order valence-corrected chi connectivity index (χ3v) is 3.31. The second kappa shape index (κ2) is 6.47. The Balaban J connectivity index is 4.08. The Kier molecular flexibility index (Phi) is 6.48. The van der Waals surface area contributed by atoms with Gasteiger partial charge in [0.25, 0.3) is 0 Å². The lowest BCUT2D eigenvalue weighted by Gasteiger charge is -2.25. The average Bonchev–Trinajstić information content (AvgIpc) is 2.11. The number of hydrogen-bond acceptors (Lipinski definition) is 2. The standard InChI is InChI=1S/C11H22OS/c1-4-6-8-11(13,10(3)12)9-7-5-2/h13H,4-9H2,1-3H3. The van der Waals surface area contributed by atoms with Crippen LogP contribution in [0.5, 0.6) is 0 Å². The fourth-order valence-corrected chi connectivity index (χ4v) is 1.73. The summed E-state index contributed by atoms with van der Waals surface area (Å²) in [5.41, 5.74) is 0. The Morgan fingerprint density at radius 3 is 1.77 bits per heavy atom. The Labute approximate surface area is 87.7 Å². The lowest BCUT2D eigenvalue weighted by molar-refractivity contribution is -0.119. The van der Waals surface area contributed by atoms with E-state index in [1.807, 2.05) is 0 Å². The third kappa shape index (κ3) is 4.70. The predicted octanol–water partition coefficient (Wildman–Crippen LogP) is 3.62. The summed E-state index contributed by atoms with van der Waals surface area (Å²) in [5, 5.41) is 0. The van der Waals surface area contributed by atoms with E-state index >= 15 is 0 Å². The van der Waals surface area contributed by atoms with Crippen LogP contribution >= 0.6 is 12.6 Å². The van der Waals surface area contributed by atoms with Gasteiger partial charge in [0.1, 0.15) is 5.78 Å². The number of unbranched alkanes of at least 4 members (excludes halogenated alkanes) is 2. The molecule has 0 rings (SSSR count). The molecule has 0 radical (unpaired) electrons. The first-order valence-corrected chi connectivity index (χ1v) is 5.75. The van der Waals surface area contributed by atoms with Crippen molar-refractivity contribution < 1.29 is 4.79 Å². The van der Waals surface area contributed by atoms with E-state index in [4.69, 9.17) is 0 Å². The molecule has 0 bridgehead atoms. The number of Topliss-reactive ketones (excluding diaryl/α,β-unsaturated/α-hetero) is 1. The van der Waals surface area contributed by atoms with Gasteiger partial charge in [0.15, 0.2) is 0 Å². The molecule has 78 valence electrons. The van der Waals surface area contributed by atoms with Crippen molar-refractivity contribution >= 4 is 18.4 Å². The predicted molar refractivity (Wildman–Crippen MR) is 61.4 cm³/mol. The summed E-state index contributed by atoms with van der Waals surface area (Å²) in [7, 11) is 0. The van der Waals surface area contributed by atoms with Gasteiger partial charge < -0.3 is 0 Å². The van der Waals surface area contributed by atoms with E-state index in [1.54, 1.807) is 6.92 Å². The van der Waals surface area contributed by atoms with Gasteiger partial charge in [-0.3, -0.25) is 4.79 Å². The van der Waals surface area contributed by atoms with Gasteiger partial charge in [-0.05, 0) is 19.8 Å². The van der Waals surface area contributed by atoms with Gasteiger partial charge >= 0.3 is 0 Å². The van der Waals surface area contributed by atoms with Crippen LogP contribution in [0.25, 0.3) is 0 Å². The summed E-state index contributed by atoms with van der Waals surface area (Å²) in [4.78, 5) is 11.4. The van der Waals surface area contributed by atoms with Crippen molar-refractivity contribution in [3.05, 3.63) is 0 Å². The number of rotatable bonds is 7. The molecule has 0 saturated carbocycles. The summed E-state index contributed by atoms with van der Waals surface area (Å²) in [6.07, 6.45) is 6.35. The molecule has 0 N–H and O–H groups in total. The highest BCUT2D eigenvalue weighted by Crippen LogP contribution is 2.29. The van der Waals surface area contributed by atoms with Crippen LogP contribution in [0.4, 0.5) is 0 Å². The maximum atomic E-state index is 11.4. The summed E-state index contributed by atoms with van der Waals surface area (Å²) >= 11 is 4.53. The quantitative estimate of drug-likeness (QED) is 0.624. The van der Waals surface area contributed by atoms with Crippen molar-refractivity contribution in [1.82, 2.24) is 0 Å². The van der Waals surface area contributed by atoms with Gasteiger partial charge in [0.2, 0.25) is 0 Å². The van der Waals surface area contributed by atoms with Crippen molar-refractivity contribution in [1.29, 1.82) is 0 Å². The Morgan fingerprint density at radius 2 is 1.54 bits per heavy atom. The molecule has 0 fully saturated rings. The molecule has 0 aromatic rings. The minimum atomic E-state index is -0.341. The molecule has 0 unspecified atom stereocenters. The molecule has 1 nitrogen and oxygen atoms in total. The van der Waals surface area contributed by atoms with Crippen molar-refractivity contribution in [3.63, 3.8) is 0 Å². The lowest BCUT2D eigenvalue weighted by atomic mass is 9.91. The van der Waals surface area contributed by atoms with Crippen LogP contribution in [0.15, 0.2) is 0 Å². The maximum Gasteiger partial charge on any atom is 0.145 e. The summed E-state index contributed by atoms with van der Waals surface area (Å²) in [6.45, 7) is 5.96. The Hall–Kier alpha value is 0.0200. The van der Waals surface area contributed by atoms with Crippen molar-refractivity contribution in [2.45, 2.75) is 64.0 Å². The molecular weight excluding hydrogens is 180 g/mol.